The zero-order valence-corrected chi connectivity index (χ0v) is 11.1. The minimum atomic E-state index is 0.0969. The van der Waals surface area contributed by atoms with Crippen LogP contribution in [0.2, 0.25) is 0 Å². The van der Waals surface area contributed by atoms with Gasteiger partial charge in [0.1, 0.15) is 9.76 Å². The summed E-state index contributed by atoms with van der Waals surface area (Å²) in [6.45, 7) is 13.6. The van der Waals surface area contributed by atoms with Gasteiger partial charge in [0.25, 0.3) is 0 Å². The van der Waals surface area contributed by atoms with Gasteiger partial charge < -0.3 is 9.64 Å². The first-order valence-corrected chi connectivity index (χ1v) is 6.23. The smallest absolute Gasteiger partial charge is 0.139 e. The fraction of sp³-hybridized carbons (Fsp3) is 0.545. The summed E-state index contributed by atoms with van der Waals surface area (Å²) in [6.07, 6.45) is 3.67. The molecule has 1 atom stereocenters. The van der Waals surface area contributed by atoms with E-state index in [2.05, 4.69) is 13.2 Å². The molecule has 0 saturated carbocycles. The zero-order valence-electron chi connectivity index (χ0n) is 9.44. The van der Waals surface area contributed by atoms with Gasteiger partial charge in [0.05, 0.1) is 0 Å². The maximum Gasteiger partial charge on any atom is 0.139 e. The van der Waals surface area contributed by atoms with Crippen molar-refractivity contribution in [1.82, 2.24) is 4.90 Å². The summed E-state index contributed by atoms with van der Waals surface area (Å²) in [5.41, 5.74) is 0.0969. The van der Waals surface area contributed by atoms with Gasteiger partial charge in [-0.05, 0) is 13.8 Å². The van der Waals surface area contributed by atoms with E-state index in [9.17, 15) is 0 Å². The van der Waals surface area contributed by atoms with Crippen LogP contribution in [0.5, 0.6) is 0 Å². The summed E-state index contributed by atoms with van der Waals surface area (Å²) in [7, 11) is 0. The molecule has 0 radical (unpaired) electrons. The van der Waals surface area contributed by atoms with Gasteiger partial charge in [-0.25, -0.2) is 0 Å². The number of thioether (sulfide) groups is 1. The monoisotopic (exact) mass is 245 g/mol. The first-order chi connectivity index (χ1) is 7.15. The molecule has 0 aromatic heterocycles. The summed E-state index contributed by atoms with van der Waals surface area (Å²) in [6, 6.07) is 0. The third kappa shape index (κ3) is 6.71. The number of ether oxygens (including phenoxy) is 1. The molecule has 0 aliphatic rings. The summed E-state index contributed by atoms with van der Waals surface area (Å²) in [5, 5.41) is 0. The van der Waals surface area contributed by atoms with E-state index >= 15 is 0 Å². The van der Waals surface area contributed by atoms with Crippen molar-refractivity contribution >= 4 is 28.3 Å². The second-order valence-electron chi connectivity index (χ2n) is 2.89. The molecule has 0 spiro atoms. The van der Waals surface area contributed by atoms with E-state index in [1.54, 1.807) is 11.8 Å². The molecule has 0 aliphatic heterocycles. The Morgan fingerprint density at radius 1 is 1.47 bits per heavy atom. The van der Waals surface area contributed by atoms with Crippen LogP contribution in [0.25, 0.3) is 0 Å². The molecule has 0 aromatic rings. The van der Waals surface area contributed by atoms with Crippen molar-refractivity contribution in [3.05, 3.63) is 25.3 Å². The largest absolute Gasteiger partial charge is 0.368 e. The van der Waals surface area contributed by atoms with E-state index < -0.39 is 0 Å². The maximum absolute atomic E-state index is 5.42. The summed E-state index contributed by atoms with van der Waals surface area (Å²) in [4.78, 5) is 2.04. The Balaban J connectivity index is 4.11. The fourth-order valence-electron chi connectivity index (χ4n) is 1.02. The van der Waals surface area contributed by atoms with Crippen LogP contribution in [0.15, 0.2) is 25.3 Å². The Labute approximate surface area is 102 Å². The number of rotatable bonds is 7. The highest BCUT2D eigenvalue weighted by atomic mass is 32.2. The van der Waals surface area contributed by atoms with Crippen LogP contribution in [0.4, 0.5) is 0 Å². The molecule has 0 aliphatic carbocycles. The third-order valence-electron chi connectivity index (χ3n) is 1.63. The SMILES string of the molecule is C=CCN(CC=C)C(=S)S[C@H](C)OCC. The molecular weight excluding hydrogens is 226 g/mol. The van der Waals surface area contributed by atoms with Crippen molar-refractivity contribution in [2.24, 2.45) is 0 Å². The second-order valence-corrected chi connectivity index (χ2v) is 4.82. The van der Waals surface area contributed by atoms with E-state index in [4.69, 9.17) is 17.0 Å². The van der Waals surface area contributed by atoms with Gasteiger partial charge in [-0.15, -0.1) is 13.2 Å². The molecule has 0 amide bonds. The Bertz CT molecular complexity index is 209. The van der Waals surface area contributed by atoms with E-state index in [0.29, 0.717) is 6.61 Å². The molecule has 0 bridgehead atoms. The topological polar surface area (TPSA) is 12.5 Å². The first-order valence-electron chi connectivity index (χ1n) is 4.94. The molecule has 0 saturated heterocycles. The average Bonchev–Trinajstić information content (AvgIpc) is 2.17. The van der Waals surface area contributed by atoms with Crippen molar-refractivity contribution in [2.75, 3.05) is 19.7 Å². The predicted octanol–water partition coefficient (Wildman–Crippen LogP) is 3.06. The average molecular weight is 245 g/mol. The molecule has 4 heteroatoms. The van der Waals surface area contributed by atoms with Crippen molar-refractivity contribution in [3.8, 4) is 0 Å². The van der Waals surface area contributed by atoms with Gasteiger partial charge >= 0.3 is 0 Å². The van der Waals surface area contributed by atoms with Gasteiger partial charge in [0, 0.05) is 19.7 Å². The van der Waals surface area contributed by atoms with Gasteiger partial charge in [0.2, 0.25) is 0 Å². The Morgan fingerprint density at radius 2 is 2.00 bits per heavy atom. The van der Waals surface area contributed by atoms with Crippen molar-refractivity contribution in [3.63, 3.8) is 0 Å². The first kappa shape index (κ1) is 14.7. The fourth-order valence-corrected chi connectivity index (χ4v) is 2.36. The van der Waals surface area contributed by atoms with Gasteiger partial charge in [-0.2, -0.15) is 0 Å². The quantitative estimate of drug-likeness (QED) is 0.388. The lowest BCUT2D eigenvalue weighted by atomic mass is 10.5. The van der Waals surface area contributed by atoms with Gasteiger partial charge in [-0.1, -0.05) is 36.1 Å². The molecule has 0 N–H and O–H groups in total. The van der Waals surface area contributed by atoms with Crippen LogP contribution < -0.4 is 0 Å². The van der Waals surface area contributed by atoms with Crippen LogP contribution in [0.3, 0.4) is 0 Å². The molecular formula is C11H19NOS2. The number of hydrogen-bond acceptors (Lipinski definition) is 3. The predicted molar refractivity (Wildman–Crippen MR) is 73.2 cm³/mol. The number of nitrogens with zero attached hydrogens (tertiary/aromatic N) is 1. The highest BCUT2D eigenvalue weighted by Crippen LogP contribution is 2.17. The van der Waals surface area contributed by atoms with Gasteiger partial charge in [0.15, 0.2) is 0 Å². The minimum absolute atomic E-state index is 0.0969. The number of hydrogen-bond donors (Lipinski definition) is 0. The Kier molecular flexibility index (Phi) is 8.76. The van der Waals surface area contributed by atoms with Crippen LogP contribution in [-0.2, 0) is 4.74 Å². The van der Waals surface area contributed by atoms with E-state index in [1.165, 1.54) is 0 Å². The Hall–Kier alpha value is -0.320. The van der Waals surface area contributed by atoms with Gasteiger partial charge in [-0.3, -0.25) is 0 Å². The van der Waals surface area contributed by atoms with E-state index in [-0.39, 0.29) is 5.44 Å². The number of thiocarbonyl (C=S) groups is 1. The molecule has 0 heterocycles. The standard InChI is InChI=1S/C11H19NOS2/c1-5-8-12(9-6-2)11(14)15-10(4)13-7-3/h5-6,10H,1-2,7-9H2,3-4H3/t10-/m1/s1. The van der Waals surface area contributed by atoms with E-state index in [0.717, 1.165) is 17.4 Å². The molecule has 0 rings (SSSR count). The van der Waals surface area contributed by atoms with E-state index in [1.807, 2.05) is 30.9 Å². The maximum atomic E-state index is 5.42. The van der Waals surface area contributed by atoms with Crippen LogP contribution in [0.1, 0.15) is 13.8 Å². The van der Waals surface area contributed by atoms with Crippen molar-refractivity contribution in [2.45, 2.75) is 19.3 Å². The zero-order chi connectivity index (χ0) is 11.7. The van der Waals surface area contributed by atoms with Crippen LogP contribution >= 0.6 is 24.0 Å². The second kappa shape index (κ2) is 8.95. The van der Waals surface area contributed by atoms with Crippen molar-refractivity contribution in [1.29, 1.82) is 0 Å². The minimum Gasteiger partial charge on any atom is -0.368 e. The molecule has 86 valence electrons. The summed E-state index contributed by atoms with van der Waals surface area (Å²) in [5.74, 6) is 0. The summed E-state index contributed by atoms with van der Waals surface area (Å²) >= 11 is 6.86. The molecule has 0 unspecified atom stereocenters. The molecule has 2 nitrogen and oxygen atoms in total. The molecule has 0 aromatic carbocycles. The highest BCUT2D eigenvalue weighted by Gasteiger charge is 2.11. The lowest BCUT2D eigenvalue weighted by Gasteiger charge is -2.23. The molecule has 0 fully saturated rings. The van der Waals surface area contributed by atoms with Crippen molar-refractivity contribution < 1.29 is 4.74 Å². The lowest BCUT2D eigenvalue weighted by molar-refractivity contribution is 0.138. The normalized spacial score (nSPS) is 11.9. The highest BCUT2D eigenvalue weighted by molar-refractivity contribution is 8.23. The summed E-state index contributed by atoms with van der Waals surface area (Å²) < 4.78 is 6.25. The van der Waals surface area contributed by atoms with Crippen LogP contribution in [0, 0.1) is 0 Å². The lowest BCUT2D eigenvalue weighted by Crippen LogP contribution is -2.29. The Morgan fingerprint density at radius 3 is 2.40 bits per heavy atom. The molecule has 15 heavy (non-hydrogen) atoms. The van der Waals surface area contributed by atoms with Crippen LogP contribution in [-0.4, -0.2) is 34.4 Å². The third-order valence-corrected chi connectivity index (χ3v) is 3.10.